The number of carbonyl (C=O) groups is 2. The lowest BCUT2D eigenvalue weighted by atomic mass is 10.1. The van der Waals surface area contributed by atoms with E-state index in [4.69, 9.17) is 4.42 Å². The summed E-state index contributed by atoms with van der Waals surface area (Å²) in [6, 6.07) is 5.26. The number of furan rings is 1. The number of nitrogens with one attached hydrogen (secondary N) is 2. The topological polar surface area (TPSA) is 89.2 Å². The van der Waals surface area contributed by atoms with Crippen molar-refractivity contribution >= 4 is 17.6 Å². The molecule has 2 heterocycles. The van der Waals surface area contributed by atoms with Gasteiger partial charge in [-0.15, -0.1) is 0 Å². The van der Waals surface area contributed by atoms with E-state index in [9.17, 15) is 9.59 Å². The third-order valence-electron chi connectivity index (χ3n) is 4.31. The van der Waals surface area contributed by atoms with Crippen molar-refractivity contribution in [3.8, 4) is 0 Å². The summed E-state index contributed by atoms with van der Waals surface area (Å²) >= 11 is 0. The number of nitrogens with zero attached hydrogens (tertiary/aromatic N) is 2. The first-order valence-corrected chi connectivity index (χ1v) is 8.21. The molecule has 2 N–H and O–H groups in total. The van der Waals surface area contributed by atoms with E-state index in [0.717, 1.165) is 31.4 Å². The molecule has 0 spiro atoms. The van der Waals surface area contributed by atoms with E-state index in [1.165, 1.54) is 4.68 Å². The second-order valence-electron chi connectivity index (χ2n) is 6.20. The Morgan fingerprint density at radius 3 is 2.75 bits per heavy atom. The first-order chi connectivity index (χ1) is 11.5. The summed E-state index contributed by atoms with van der Waals surface area (Å²) in [5.74, 6) is 1.79. The highest BCUT2D eigenvalue weighted by molar-refractivity contribution is 5.96. The Balaban J connectivity index is 1.60. The fraction of sp³-hybridized carbons (Fsp3) is 0.471. The van der Waals surface area contributed by atoms with Gasteiger partial charge in [-0.1, -0.05) is 12.8 Å². The van der Waals surface area contributed by atoms with Crippen LogP contribution < -0.4 is 10.6 Å². The minimum Gasteiger partial charge on any atom is -0.465 e. The Bertz CT molecular complexity index is 741. The summed E-state index contributed by atoms with van der Waals surface area (Å²) in [7, 11) is 1.71. The molecular weight excluding hydrogens is 308 g/mol. The lowest BCUT2D eigenvalue weighted by Crippen LogP contribution is -2.23. The number of anilines is 1. The summed E-state index contributed by atoms with van der Waals surface area (Å²) in [4.78, 5) is 24.4. The van der Waals surface area contributed by atoms with Crippen molar-refractivity contribution in [3.05, 3.63) is 35.4 Å². The fourth-order valence-corrected chi connectivity index (χ4v) is 2.95. The van der Waals surface area contributed by atoms with Crippen molar-refractivity contribution < 1.29 is 14.0 Å². The van der Waals surface area contributed by atoms with Gasteiger partial charge in [0.1, 0.15) is 17.3 Å². The molecule has 0 aromatic carbocycles. The molecule has 3 rings (SSSR count). The van der Waals surface area contributed by atoms with Crippen molar-refractivity contribution in [1.82, 2.24) is 15.1 Å². The molecule has 1 aliphatic rings. The van der Waals surface area contributed by atoms with E-state index < -0.39 is 0 Å². The summed E-state index contributed by atoms with van der Waals surface area (Å²) < 4.78 is 6.92. The van der Waals surface area contributed by atoms with Crippen LogP contribution >= 0.6 is 0 Å². The Kier molecular flexibility index (Phi) is 4.69. The Morgan fingerprint density at radius 2 is 2.08 bits per heavy atom. The zero-order chi connectivity index (χ0) is 17.1. The molecule has 7 heteroatoms. The van der Waals surface area contributed by atoms with Crippen LogP contribution in [0.5, 0.6) is 0 Å². The van der Waals surface area contributed by atoms with Crippen molar-refractivity contribution in [1.29, 1.82) is 0 Å². The van der Waals surface area contributed by atoms with Gasteiger partial charge in [-0.3, -0.25) is 14.3 Å². The molecule has 0 radical (unpaired) electrons. The second kappa shape index (κ2) is 6.90. The van der Waals surface area contributed by atoms with Gasteiger partial charge in [-0.2, -0.15) is 5.10 Å². The predicted octanol–water partition coefficient (Wildman–Crippen LogP) is 2.38. The number of hydrogen-bond acceptors (Lipinski definition) is 4. The highest BCUT2D eigenvalue weighted by Gasteiger charge is 2.24. The molecule has 0 unspecified atom stereocenters. The van der Waals surface area contributed by atoms with Gasteiger partial charge in [0.05, 0.1) is 6.54 Å². The van der Waals surface area contributed by atoms with Gasteiger partial charge in [0.15, 0.2) is 5.69 Å². The maximum atomic E-state index is 12.2. The number of amides is 2. The van der Waals surface area contributed by atoms with E-state index in [1.54, 1.807) is 13.1 Å². The van der Waals surface area contributed by atoms with E-state index in [0.29, 0.717) is 18.1 Å². The average molecular weight is 330 g/mol. The third kappa shape index (κ3) is 3.67. The van der Waals surface area contributed by atoms with E-state index in [-0.39, 0.29) is 23.4 Å². The van der Waals surface area contributed by atoms with Crippen molar-refractivity contribution in [2.24, 2.45) is 13.0 Å². The molecule has 0 aliphatic heterocycles. The maximum Gasteiger partial charge on any atom is 0.272 e. The Hall–Kier alpha value is -2.57. The Morgan fingerprint density at radius 1 is 1.33 bits per heavy atom. The average Bonchev–Trinajstić information content (AvgIpc) is 3.27. The van der Waals surface area contributed by atoms with Crippen LogP contribution in [0.3, 0.4) is 0 Å². The first-order valence-electron chi connectivity index (χ1n) is 8.21. The summed E-state index contributed by atoms with van der Waals surface area (Å²) in [6.45, 7) is 2.15. The minimum atomic E-state index is -0.305. The van der Waals surface area contributed by atoms with Crippen LogP contribution in [0.15, 0.2) is 22.6 Å². The zero-order valence-corrected chi connectivity index (χ0v) is 14.0. The molecule has 1 saturated carbocycles. The van der Waals surface area contributed by atoms with Crippen LogP contribution in [0.1, 0.15) is 47.7 Å². The molecule has 2 amide bonds. The van der Waals surface area contributed by atoms with Gasteiger partial charge in [0, 0.05) is 19.0 Å². The Labute approximate surface area is 140 Å². The van der Waals surface area contributed by atoms with E-state index in [2.05, 4.69) is 15.7 Å². The van der Waals surface area contributed by atoms with Gasteiger partial charge in [-0.25, -0.2) is 0 Å². The highest BCUT2D eigenvalue weighted by atomic mass is 16.3. The van der Waals surface area contributed by atoms with Gasteiger partial charge < -0.3 is 15.1 Å². The summed E-state index contributed by atoms with van der Waals surface area (Å²) in [5, 5.41) is 9.79. The standard InChI is InChI=1S/C17H22N4O3/c1-11-7-8-13(24-11)10-18-17(23)14-9-15(21(2)20-14)19-16(22)12-5-3-4-6-12/h7-9,12H,3-6,10H2,1-2H3,(H,18,23)(H,19,22). The molecule has 128 valence electrons. The number of hydrogen-bond donors (Lipinski definition) is 2. The molecule has 0 bridgehead atoms. The minimum absolute atomic E-state index is 0.00789. The van der Waals surface area contributed by atoms with Gasteiger partial charge >= 0.3 is 0 Å². The number of rotatable bonds is 5. The van der Waals surface area contributed by atoms with Crippen LogP contribution in [-0.4, -0.2) is 21.6 Å². The number of aryl methyl sites for hydroxylation is 2. The smallest absolute Gasteiger partial charge is 0.272 e. The van der Waals surface area contributed by atoms with Crippen LogP contribution in [-0.2, 0) is 18.4 Å². The summed E-state index contributed by atoms with van der Waals surface area (Å²) in [5.41, 5.74) is 0.266. The van der Waals surface area contributed by atoms with Crippen LogP contribution in [0.25, 0.3) is 0 Å². The maximum absolute atomic E-state index is 12.2. The molecule has 2 aromatic rings. The second-order valence-corrected chi connectivity index (χ2v) is 6.20. The quantitative estimate of drug-likeness (QED) is 0.881. The molecule has 1 aliphatic carbocycles. The van der Waals surface area contributed by atoms with Crippen LogP contribution in [0.2, 0.25) is 0 Å². The van der Waals surface area contributed by atoms with Crippen LogP contribution in [0.4, 0.5) is 5.82 Å². The van der Waals surface area contributed by atoms with Gasteiger partial charge in [0.25, 0.3) is 5.91 Å². The molecule has 2 aromatic heterocycles. The van der Waals surface area contributed by atoms with E-state index >= 15 is 0 Å². The lowest BCUT2D eigenvalue weighted by molar-refractivity contribution is -0.119. The molecular formula is C17H22N4O3. The predicted molar refractivity (Wildman–Crippen MR) is 88.4 cm³/mol. The van der Waals surface area contributed by atoms with E-state index in [1.807, 2.05) is 19.1 Å². The van der Waals surface area contributed by atoms with Gasteiger partial charge in [-0.05, 0) is 31.9 Å². The number of aromatic nitrogens is 2. The summed E-state index contributed by atoms with van der Waals surface area (Å²) in [6.07, 6.45) is 4.06. The van der Waals surface area contributed by atoms with Crippen LogP contribution in [0, 0.1) is 12.8 Å². The van der Waals surface area contributed by atoms with Gasteiger partial charge in [0.2, 0.25) is 5.91 Å². The molecule has 0 saturated heterocycles. The zero-order valence-electron chi connectivity index (χ0n) is 14.0. The monoisotopic (exact) mass is 330 g/mol. The highest BCUT2D eigenvalue weighted by Crippen LogP contribution is 2.26. The molecule has 24 heavy (non-hydrogen) atoms. The van der Waals surface area contributed by atoms with Crippen molar-refractivity contribution in [2.45, 2.75) is 39.2 Å². The van der Waals surface area contributed by atoms with Crippen molar-refractivity contribution in [2.75, 3.05) is 5.32 Å². The van der Waals surface area contributed by atoms with Crippen molar-refractivity contribution in [3.63, 3.8) is 0 Å². The molecule has 7 nitrogen and oxygen atoms in total. The lowest BCUT2D eigenvalue weighted by Gasteiger charge is -2.09. The fourth-order valence-electron chi connectivity index (χ4n) is 2.95. The molecule has 0 atom stereocenters. The first kappa shape index (κ1) is 16.3. The SMILES string of the molecule is Cc1ccc(CNC(=O)c2cc(NC(=O)C3CCCC3)n(C)n2)o1. The normalized spacial score (nSPS) is 14.8. The third-order valence-corrected chi connectivity index (χ3v) is 4.31. The number of carbonyl (C=O) groups excluding carboxylic acids is 2. The molecule has 1 fully saturated rings. The largest absolute Gasteiger partial charge is 0.465 e.